The Morgan fingerprint density at radius 1 is 0.950 bits per heavy atom. The fourth-order valence-corrected chi connectivity index (χ4v) is 2.89. The highest BCUT2D eigenvalue weighted by Crippen LogP contribution is 2.28. The van der Waals surface area contributed by atoms with Gasteiger partial charge in [-0.2, -0.15) is 0 Å². The van der Waals surface area contributed by atoms with Gasteiger partial charge >= 0.3 is 0 Å². The van der Waals surface area contributed by atoms with Crippen molar-refractivity contribution < 1.29 is 0 Å². The maximum absolute atomic E-state index is 4.77. The quantitative estimate of drug-likeness (QED) is 0.665. The molecule has 0 aliphatic heterocycles. The van der Waals surface area contributed by atoms with Gasteiger partial charge in [0.25, 0.3) is 0 Å². The van der Waals surface area contributed by atoms with Crippen LogP contribution in [-0.4, -0.2) is 9.55 Å². The summed E-state index contributed by atoms with van der Waals surface area (Å²) < 4.78 is 2.28. The molecule has 0 spiro atoms. The van der Waals surface area contributed by atoms with Crippen LogP contribution >= 0.6 is 0 Å². The molecule has 0 fully saturated rings. The van der Waals surface area contributed by atoms with Crippen molar-refractivity contribution in [2.45, 2.75) is 34.1 Å². The monoisotopic (exact) mass is 264 g/mol. The van der Waals surface area contributed by atoms with Gasteiger partial charge in [-0.3, -0.25) is 4.57 Å². The van der Waals surface area contributed by atoms with Crippen LogP contribution in [0.25, 0.3) is 16.7 Å². The SMILES string of the molecule is CCc1c(C)n(-c2ccc(C)cc2)c2nc(C)ccc12. The van der Waals surface area contributed by atoms with Crippen LogP contribution in [0.5, 0.6) is 0 Å². The smallest absolute Gasteiger partial charge is 0.145 e. The first-order valence-electron chi connectivity index (χ1n) is 7.16. The van der Waals surface area contributed by atoms with Crippen LogP contribution in [0.15, 0.2) is 36.4 Å². The minimum absolute atomic E-state index is 1.03. The van der Waals surface area contributed by atoms with E-state index in [2.05, 4.69) is 61.7 Å². The Hall–Kier alpha value is -2.09. The third-order valence-corrected chi connectivity index (χ3v) is 3.97. The van der Waals surface area contributed by atoms with E-state index in [0.717, 1.165) is 17.8 Å². The highest BCUT2D eigenvalue weighted by atomic mass is 15.1. The molecule has 2 nitrogen and oxygen atoms in total. The van der Waals surface area contributed by atoms with Gasteiger partial charge in [-0.1, -0.05) is 24.6 Å². The average Bonchev–Trinajstić information content (AvgIpc) is 2.71. The molecule has 0 saturated heterocycles. The van der Waals surface area contributed by atoms with Crippen LogP contribution in [-0.2, 0) is 6.42 Å². The third kappa shape index (κ3) is 1.92. The van der Waals surface area contributed by atoms with E-state index in [0.29, 0.717) is 0 Å². The Kier molecular flexibility index (Phi) is 3.09. The summed E-state index contributed by atoms with van der Waals surface area (Å²) in [6.45, 7) is 8.56. The Morgan fingerprint density at radius 2 is 1.65 bits per heavy atom. The standard InChI is InChI=1S/C18H20N2/c1-5-16-14(4)20(15-9-6-12(2)7-10-15)18-17(16)11-8-13(3)19-18/h6-11H,5H2,1-4H3. The lowest BCUT2D eigenvalue weighted by molar-refractivity contribution is 0.990. The van der Waals surface area contributed by atoms with E-state index in [1.165, 1.54) is 27.9 Å². The van der Waals surface area contributed by atoms with Gasteiger partial charge in [0.05, 0.1) is 0 Å². The topological polar surface area (TPSA) is 17.8 Å². The predicted octanol–water partition coefficient (Wildman–Crippen LogP) is 4.51. The molecule has 2 aromatic heterocycles. The van der Waals surface area contributed by atoms with Gasteiger partial charge < -0.3 is 0 Å². The van der Waals surface area contributed by atoms with E-state index in [1.54, 1.807) is 0 Å². The molecule has 0 radical (unpaired) electrons. The summed E-state index contributed by atoms with van der Waals surface area (Å²) >= 11 is 0. The summed E-state index contributed by atoms with van der Waals surface area (Å²) in [6, 6.07) is 13.0. The number of pyridine rings is 1. The van der Waals surface area contributed by atoms with Gasteiger partial charge in [0.15, 0.2) is 0 Å². The second-order valence-electron chi connectivity index (χ2n) is 5.41. The third-order valence-electron chi connectivity index (χ3n) is 3.97. The molecule has 0 bridgehead atoms. The minimum Gasteiger partial charge on any atom is -0.298 e. The molecule has 20 heavy (non-hydrogen) atoms. The molecule has 102 valence electrons. The van der Waals surface area contributed by atoms with E-state index in [-0.39, 0.29) is 0 Å². The molecule has 0 atom stereocenters. The Balaban J connectivity index is 2.36. The zero-order chi connectivity index (χ0) is 14.3. The van der Waals surface area contributed by atoms with Gasteiger partial charge in [0.2, 0.25) is 0 Å². The Bertz CT molecular complexity index is 764. The zero-order valence-electron chi connectivity index (χ0n) is 12.6. The molecule has 0 saturated carbocycles. The van der Waals surface area contributed by atoms with Crippen molar-refractivity contribution in [3.63, 3.8) is 0 Å². The van der Waals surface area contributed by atoms with E-state index in [1.807, 2.05) is 6.92 Å². The van der Waals surface area contributed by atoms with Crippen molar-refractivity contribution in [2.24, 2.45) is 0 Å². The van der Waals surface area contributed by atoms with E-state index >= 15 is 0 Å². The van der Waals surface area contributed by atoms with Crippen LogP contribution in [0.1, 0.15) is 29.4 Å². The second kappa shape index (κ2) is 4.78. The Morgan fingerprint density at radius 3 is 2.30 bits per heavy atom. The molecule has 3 rings (SSSR count). The van der Waals surface area contributed by atoms with Crippen molar-refractivity contribution in [2.75, 3.05) is 0 Å². The average molecular weight is 264 g/mol. The molecule has 1 aromatic carbocycles. The lowest BCUT2D eigenvalue weighted by Gasteiger charge is -2.08. The van der Waals surface area contributed by atoms with Crippen LogP contribution in [0.3, 0.4) is 0 Å². The zero-order valence-corrected chi connectivity index (χ0v) is 12.6. The highest BCUT2D eigenvalue weighted by Gasteiger charge is 2.15. The number of fused-ring (bicyclic) bond motifs is 1. The lowest BCUT2D eigenvalue weighted by Crippen LogP contribution is -1.99. The lowest BCUT2D eigenvalue weighted by atomic mass is 10.1. The molecule has 0 unspecified atom stereocenters. The van der Waals surface area contributed by atoms with Crippen molar-refractivity contribution in [3.8, 4) is 5.69 Å². The van der Waals surface area contributed by atoms with Crippen LogP contribution in [0.4, 0.5) is 0 Å². The van der Waals surface area contributed by atoms with Gasteiger partial charge in [-0.05, 0) is 57.0 Å². The number of benzene rings is 1. The summed E-state index contributed by atoms with van der Waals surface area (Å²) in [4.78, 5) is 4.77. The molecular formula is C18H20N2. The van der Waals surface area contributed by atoms with E-state index < -0.39 is 0 Å². The predicted molar refractivity (Wildman–Crippen MR) is 84.7 cm³/mol. The highest BCUT2D eigenvalue weighted by molar-refractivity contribution is 5.84. The van der Waals surface area contributed by atoms with E-state index in [4.69, 9.17) is 4.98 Å². The van der Waals surface area contributed by atoms with Crippen LogP contribution in [0.2, 0.25) is 0 Å². The first-order chi connectivity index (χ1) is 9.61. The van der Waals surface area contributed by atoms with Crippen molar-refractivity contribution in [1.82, 2.24) is 9.55 Å². The van der Waals surface area contributed by atoms with Gasteiger partial charge in [-0.25, -0.2) is 4.98 Å². The summed E-state index contributed by atoms with van der Waals surface area (Å²) in [6.07, 6.45) is 1.03. The van der Waals surface area contributed by atoms with Crippen molar-refractivity contribution in [3.05, 3.63) is 58.9 Å². The molecule has 0 N–H and O–H groups in total. The Labute approximate surface area is 120 Å². The second-order valence-corrected chi connectivity index (χ2v) is 5.41. The summed E-state index contributed by atoms with van der Waals surface area (Å²) in [5.41, 5.74) is 7.30. The molecular weight excluding hydrogens is 244 g/mol. The van der Waals surface area contributed by atoms with Crippen LogP contribution < -0.4 is 0 Å². The number of aromatic nitrogens is 2. The number of aryl methyl sites for hydroxylation is 3. The molecule has 0 aliphatic rings. The summed E-state index contributed by atoms with van der Waals surface area (Å²) in [5, 5.41) is 1.27. The molecule has 2 heterocycles. The van der Waals surface area contributed by atoms with Crippen molar-refractivity contribution in [1.29, 1.82) is 0 Å². The minimum atomic E-state index is 1.03. The summed E-state index contributed by atoms with van der Waals surface area (Å²) in [5.74, 6) is 0. The fraction of sp³-hybridized carbons (Fsp3) is 0.278. The first kappa shape index (κ1) is 12.9. The summed E-state index contributed by atoms with van der Waals surface area (Å²) in [7, 11) is 0. The number of nitrogens with zero attached hydrogens (tertiary/aromatic N) is 2. The van der Waals surface area contributed by atoms with Gasteiger partial charge in [-0.15, -0.1) is 0 Å². The van der Waals surface area contributed by atoms with Crippen LogP contribution in [0, 0.1) is 20.8 Å². The largest absolute Gasteiger partial charge is 0.298 e. The molecule has 0 aliphatic carbocycles. The number of hydrogen-bond acceptors (Lipinski definition) is 1. The number of rotatable bonds is 2. The first-order valence-corrected chi connectivity index (χ1v) is 7.16. The fourth-order valence-electron chi connectivity index (χ4n) is 2.89. The van der Waals surface area contributed by atoms with Gasteiger partial charge in [0.1, 0.15) is 5.65 Å². The number of hydrogen-bond donors (Lipinski definition) is 0. The van der Waals surface area contributed by atoms with Gasteiger partial charge in [0, 0.05) is 22.5 Å². The van der Waals surface area contributed by atoms with Crippen molar-refractivity contribution >= 4 is 11.0 Å². The molecule has 2 heteroatoms. The molecule has 0 amide bonds. The maximum atomic E-state index is 4.77. The molecule has 3 aromatic rings. The maximum Gasteiger partial charge on any atom is 0.145 e. The normalized spacial score (nSPS) is 11.2. The van der Waals surface area contributed by atoms with E-state index in [9.17, 15) is 0 Å².